The first-order valence-electron chi connectivity index (χ1n) is 20.9. The first-order chi connectivity index (χ1) is 30.3. The van der Waals surface area contributed by atoms with Gasteiger partial charge in [-0.3, -0.25) is 0 Å². The minimum atomic E-state index is 1.12. The van der Waals surface area contributed by atoms with Crippen LogP contribution in [0, 0.1) is 0 Å². The molecule has 12 rings (SSSR count). The van der Waals surface area contributed by atoms with Gasteiger partial charge in [0.25, 0.3) is 0 Å². The molecule has 0 aliphatic rings. The van der Waals surface area contributed by atoms with Crippen molar-refractivity contribution < 1.29 is 0 Å². The zero-order chi connectivity index (χ0) is 40.3. The summed E-state index contributed by atoms with van der Waals surface area (Å²) < 4.78 is 4.77. The number of aromatic nitrogens is 2. The van der Waals surface area contributed by atoms with Gasteiger partial charge in [0.05, 0.1) is 27.8 Å². The van der Waals surface area contributed by atoms with Crippen LogP contribution in [0.3, 0.4) is 0 Å². The summed E-state index contributed by atoms with van der Waals surface area (Å²) in [6.45, 7) is 0. The second-order valence-corrected chi connectivity index (χ2v) is 15.8. The summed E-state index contributed by atoms with van der Waals surface area (Å²) in [5.41, 5.74) is 15.3. The van der Waals surface area contributed by atoms with Crippen LogP contribution in [0.5, 0.6) is 0 Å². The molecule has 0 amide bonds. The summed E-state index contributed by atoms with van der Waals surface area (Å²) in [5.74, 6) is 0. The molecule has 0 N–H and O–H groups in total. The predicted octanol–water partition coefficient (Wildman–Crippen LogP) is 15.8. The van der Waals surface area contributed by atoms with Gasteiger partial charge < -0.3 is 14.0 Å². The maximum absolute atomic E-state index is 2.40. The lowest BCUT2D eigenvalue weighted by Crippen LogP contribution is -2.10. The highest BCUT2D eigenvalue weighted by Gasteiger charge is 2.17. The molecule has 12 aromatic rings. The predicted molar refractivity (Wildman–Crippen MR) is 258 cm³/mol. The molecule has 2 aromatic heterocycles. The number of hydrogen-bond acceptors (Lipinski definition) is 1. The first kappa shape index (κ1) is 34.9. The number of fused-ring (bicyclic) bond motifs is 7. The van der Waals surface area contributed by atoms with Crippen molar-refractivity contribution in [2.75, 3.05) is 4.90 Å². The van der Waals surface area contributed by atoms with Gasteiger partial charge in [-0.25, -0.2) is 0 Å². The summed E-state index contributed by atoms with van der Waals surface area (Å²) in [5, 5.41) is 7.49. The van der Waals surface area contributed by atoms with E-state index >= 15 is 0 Å². The fourth-order valence-electron chi connectivity index (χ4n) is 9.45. The van der Waals surface area contributed by atoms with Gasteiger partial charge in [-0.1, -0.05) is 152 Å². The van der Waals surface area contributed by atoms with E-state index in [-0.39, 0.29) is 0 Å². The number of hydrogen-bond donors (Lipinski definition) is 0. The Morgan fingerprint density at radius 1 is 0.262 bits per heavy atom. The molecular weight excluding hydrogens is 739 g/mol. The average molecular weight is 778 g/mol. The molecule has 10 aromatic carbocycles. The maximum Gasteiger partial charge on any atom is 0.0541 e. The molecular formula is C58H39N3. The molecule has 0 fully saturated rings. The van der Waals surface area contributed by atoms with E-state index in [1.165, 1.54) is 76.6 Å². The van der Waals surface area contributed by atoms with Gasteiger partial charge in [-0.2, -0.15) is 0 Å². The smallest absolute Gasteiger partial charge is 0.0541 e. The van der Waals surface area contributed by atoms with Crippen LogP contribution in [0.1, 0.15) is 0 Å². The molecule has 2 heterocycles. The van der Waals surface area contributed by atoms with Gasteiger partial charge in [0.15, 0.2) is 0 Å². The van der Waals surface area contributed by atoms with Crippen molar-refractivity contribution in [1.82, 2.24) is 9.13 Å². The topological polar surface area (TPSA) is 13.1 Å². The fourth-order valence-corrected chi connectivity index (χ4v) is 9.45. The second kappa shape index (κ2) is 14.3. The lowest BCUT2D eigenvalue weighted by Gasteiger charge is -2.27. The molecule has 0 bridgehead atoms. The van der Waals surface area contributed by atoms with Crippen LogP contribution >= 0.6 is 0 Å². The fraction of sp³-hybridized carbons (Fsp3) is 0. The van der Waals surface area contributed by atoms with Crippen LogP contribution in [0.25, 0.3) is 88.0 Å². The number of anilines is 3. The molecule has 0 aliphatic carbocycles. The summed E-state index contributed by atoms with van der Waals surface area (Å²) >= 11 is 0. The highest BCUT2D eigenvalue weighted by Crippen LogP contribution is 2.41. The molecule has 0 saturated heterocycles. The Labute approximate surface area is 354 Å². The van der Waals surface area contributed by atoms with Gasteiger partial charge in [0.2, 0.25) is 0 Å². The van der Waals surface area contributed by atoms with Crippen LogP contribution in [-0.4, -0.2) is 9.13 Å². The zero-order valence-corrected chi connectivity index (χ0v) is 33.4. The molecule has 0 unspecified atom stereocenters. The maximum atomic E-state index is 2.40. The second-order valence-electron chi connectivity index (χ2n) is 15.8. The normalized spacial score (nSPS) is 11.6. The minimum absolute atomic E-state index is 1.12. The van der Waals surface area contributed by atoms with Crippen molar-refractivity contribution in [1.29, 1.82) is 0 Å². The van der Waals surface area contributed by atoms with E-state index in [2.05, 4.69) is 251 Å². The van der Waals surface area contributed by atoms with E-state index in [0.717, 1.165) is 28.4 Å². The molecule has 0 radical (unpaired) electrons. The van der Waals surface area contributed by atoms with Gasteiger partial charge in [-0.15, -0.1) is 0 Å². The van der Waals surface area contributed by atoms with Gasteiger partial charge in [-0.05, 0) is 113 Å². The Morgan fingerprint density at radius 3 is 1.26 bits per heavy atom. The molecule has 3 nitrogen and oxygen atoms in total. The van der Waals surface area contributed by atoms with Crippen LogP contribution in [0.2, 0.25) is 0 Å². The lowest BCUT2D eigenvalue weighted by atomic mass is 10.0. The van der Waals surface area contributed by atoms with Gasteiger partial charge in [0, 0.05) is 49.7 Å². The van der Waals surface area contributed by atoms with Crippen molar-refractivity contribution in [2.24, 2.45) is 0 Å². The SMILES string of the molecule is c1ccc(N(c2ccc(-c3ccc(-n4c5ccccc5c5cc(-c6ccc(-n7c8ccccc8c8ccccc87)cc6)ccc54)cc3)cc2)c2cccc3ccccc23)cc1. The molecule has 61 heavy (non-hydrogen) atoms. The lowest BCUT2D eigenvalue weighted by molar-refractivity contribution is 1.18. The Hall–Kier alpha value is -8.14. The molecule has 0 spiro atoms. The summed E-state index contributed by atoms with van der Waals surface area (Å²) in [4.78, 5) is 2.35. The summed E-state index contributed by atoms with van der Waals surface area (Å²) in [6.07, 6.45) is 0. The van der Waals surface area contributed by atoms with E-state index in [4.69, 9.17) is 0 Å². The quantitative estimate of drug-likeness (QED) is 0.157. The number of nitrogens with zero attached hydrogens (tertiary/aromatic N) is 3. The van der Waals surface area contributed by atoms with Crippen LogP contribution < -0.4 is 4.90 Å². The number of benzene rings is 10. The van der Waals surface area contributed by atoms with E-state index in [1.807, 2.05) is 0 Å². The van der Waals surface area contributed by atoms with Crippen molar-refractivity contribution in [3.63, 3.8) is 0 Å². The van der Waals surface area contributed by atoms with Crippen molar-refractivity contribution >= 4 is 71.4 Å². The largest absolute Gasteiger partial charge is 0.310 e. The van der Waals surface area contributed by atoms with Crippen LogP contribution in [-0.2, 0) is 0 Å². The van der Waals surface area contributed by atoms with E-state index in [1.54, 1.807) is 0 Å². The van der Waals surface area contributed by atoms with E-state index in [9.17, 15) is 0 Å². The molecule has 286 valence electrons. The first-order valence-corrected chi connectivity index (χ1v) is 20.9. The molecule has 0 aliphatic heterocycles. The Morgan fingerprint density at radius 2 is 0.672 bits per heavy atom. The van der Waals surface area contributed by atoms with Gasteiger partial charge >= 0.3 is 0 Å². The Balaban J connectivity index is 0.870. The third-order valence-electron chi connectivity index (χ3n) is 12.3. The Bertz CT molecular complexity index is 3500. The highest BCUT2D eigenvalue weighted by atomic mass is 15.1. The van der Waals surface area contributed by atoms with Crippen molar-refractivity contribution in [3.8, 4) is 33.6 Å². The zero-order valence-electron chi connectivity index (χ0n) is 33.4. The summed E-state index contributed by atoms with van der Waals surface area (Å²) in [7, 11) is 0. The third kappa shape index (κ3) is 5.82. The number of rotatable bonds is 7. The third-order valence-corrected chi connectivity index (χ3v) is 12.3. The van der Waals surface area contributed by atoms with E-state index in [0.29, 0.717) is 0 Å². The standard InChI is InChI=1S/C58H39N3/c1-2-15-45(16-3-1)59(54-24-12-14-43-13-4-5-17-49(43)54)46-32-25-40(26-33-46)41-27-34-48(35-28-41)61-57-23-11-8-20-52(57)53-39-44(31-38-58(53)61)42-29-36-47(37-30-42)60-55-21-9-6-18-50(55)51-19-7-10-22-56(51)60/h1-39H. The Kier molecular flexibility index (Phi) is 8.17. The minimum Gasteiger partial charge on any atom is -0.310 e. The van der Waals surface area contributed by atoms with Crippen LogP contribution in [0.15, 0.2) is 237 Å². The molecule has 0 atom stereocenters. The van der Waals surface area contributed by atoms with Gasteiger partial charge in [0.1, 0.15) is 0 Å². The van der Waals surface area contributed by atoms with Crippen LogP contribution in [0.4, 0.5) is 17.1 Å². The average Bonchev–Trinajstić information content (AvgIpc) is 3.85. The van der Waals surface area contributed by atoms with Crippen molar-refractivity contribution in [2.45, 2.75) is 0 Å². The highest BCUT2D eigenvalue weighted by molar-refractivity contribution is 6.11. The van der Waals surface area contributed by atoms with Crippen molar-refractivity contribution in [3.05, 3.63) is 237 Å². The molecule has 0 saturated carbocycles. The number of para-hydroxylation sites is 4. The monoisotopic (exact) mass is 777 g/mol. The molecule has 3 heteroatoms. The van der Waals surface area contributed by atoms with E-state index < -0.39 is 0 Å². The summed E-state index contributed by atoms with van der Waals surface area (Å²) in [6, 6.07) is 85.8.